The Hall–Kier alpha value is -9.45. The highest BCUT2D eigenvalue weighted by molar-refractivity contribution is 6.24. The number of hydrogen-bond acceptors (Lipinski definition) is 3. The molecule has 0 radical (unpaired) electrons. The zero-order valence-electron chi connectivity index (χ0n) is 37.9. The van der Waals surface area contributed by atoms with E-state index in [1.165, 1.54) is 32.7 Å². The molecule has 0 aliphatic carbocycles. The van der Waals surface area contributed by atoms with E-state index in [1.807, 2.05) is 18.2 Å². The Kier molecular flexibility index (Phi) is 9.14. The molecule has 3 heterocycles. The van der Waals surface area contributed by atoms with Crippen molar-refractivity contribution in [1.82, 2.24) is 24.1 Å². The van der Waals surface area contributed by atoms with Gasteiger partial charge in [0.2, 0.25) is 0 Å². The van der Waals surface area contributed by atoms with Gasteiger partial charge in [0, 0.05) is 49.3 Å². The summed E-state index contributed by atoms with van der Waals surface area (Å²) in [7, 11) is 0. The molecule has 0 fully saturated rings. The first kappa shape index (κ1) is 39.7. The van der Waals surface area contributed by atoms with Crippen LogP contribution in [0.4, 0.5) is 0 Å². The number of hydrogen-bond donors (Lipinski definition) is 0. The van der Waals surface area contributed by atoms with Crippen LogP contribution in [0.5, 0.6) is 0 Å². The zero-order chi connectivity index (χ0) is 46.1. The summed E-state index contributed by atoms with van der Waals surface area (Å²) < 4.78 is 5.00. The van der Waals surface area contributed by atoms with Gasteiger partial charge in [0.15, 0.2) is 17.5 Å². The number of aromatic nitrogens is 5. The van der Waals surface area contributed by atoms with E-state index in [4.69, 9.17) is 15.0 Å². The summed E-state index contributed by atoms with van der Waals surface area (Å²) in [5.41, 5.74) is 14.3. The Balaban J connectivity index is 1.06. The maximum atomic E-state index is 5.33. The highest BCUT2D eigenvalue weighted by Crippen LogP contribution is 2.45. The van der Waals surface area contributed by atoms with Crippen LogP contribution in [0, 0.1) is 0 Å². The van der Waals surface area contributed by atoms with Crippen molar-refractivity contribution >= 4 is 65.2 Å². The average Bonchev–Trinajstić information content (AvgIpc) is 3.96. The quantitative estimate of drug-likeness (QED) is 0.160. The predicted molar refractivity (Wildman–Crippen MR) is 291 cm³/mol. The molecule has 0 unspecified atom stereocenters. The Morgan fingerprint density at radius 1 is 0.257 bits per heavy atom. The third kappa shape index (κ3) is 6.36. The van der Waals surface area contributed by atoms with Crippen LogP contribution in [0.15, 0.2) is 249 Å². The first-order valence-corrected chi connectivity index (χ1v) is 23.8. The second-order valence-corrected chi connectivity index (χ2v) is 17.9. The van der Waals surface area contributed by atoms with E-state index in [0.29, 0.717) is 17.5 Å². The van der Waals surface area contributed by atoms with E-state index in [0.717, 1.165) is 82.8 Å². The summed E-state index contributed by atoms with van der Waals surface area (Å²) in [6.45, 7) is 0. The van der Waals surface area contributed by atoms with Crippen molar-refractivity contribution in [2.75, 3.05) is 0 Å². The minimum absolute atomic E-state index is 0.622. The lowest BCUT2D eigenvalue weighted by atomic mass is 9.98. The van der Waals surface area contributed by atoms with Gasteiger partial charge in [-0.25, -0.2) is 15.0 Å². The molecule has 0 atom stereocenters. The van der Waals surface area contributed by atoms with Gasteiger partial charge in [0.05, 0.1) is 27.8 Å². The molecule has 0 N–H and O–H groups in total. The van der Waals surface area contributed by atoms with Crippen LogP contribution in [-0.2, 0) is 0 Å². The van der Waals surface area contributed by atoms with E-state index in [1.54, 1.807) is 0 Å². The van der Waals surface area contributed by atoms with Gasteiger partial charge in [-0.1, -0.05) is 206 Å². The summed E-state index contributed by atoms with van der Waals surface area (Å²) in [5, 5.41) is 9.15. The fourth-order valence-electron chi connectivity index (χ4n) is 10.8. The molecule has 70 heavy (non-hydrogen) atoms. The normalized spacial score (nSPS) is 11.7. The van der Waals surface area contributed by atoms with E-state index in [2.05, 4.69) is 240 Å². The molecule has 0 amide bonds. The highest BCUT2D eigenvalue weighted by atomic mass is 15.1. The number of fused-ring (bicyclic) bond motifs is 9. The van der Waals surface area contributed by atoms with Crippen LogP contribution in [0.2, 0.25) is 0 Å². The van der Waals surface area contributed by atoms with E-state index in [-0.39, 0.29) is 0 Å². The standard InChI is InChI=1S/C65H41N5/c1-4-19-42(20-5-1)46-39-47(43-21-6-2-7-22-43)41-48(40-46)69-58-33-16-14-30-52(58)54-35-36-55-53-31-15-17-34-59(53)70(62(55)61(54)69)60-38-37-57(50-28-12-13-29-51(50)60)65-67-63(45-24-8-3-9-25-45)66-64(68-65)56-32-18-26-44-23-10-11-27-49(44)56/h1-41H. The van der Waals surface area contributed by atoms with E-state index >= 15 is 0 Å². The van der Waals surface area contributed by atoms with Gasteiger partial charge in [-0.3, -0.25) is 0 Å². The third-order valence-electron chi connectivity index (χ3n) is 13.9. The van der Waals surface area contributed by atoms with E-state index < -0.39 is 0 Å². The molecule has 326 valence electrons. The molecular weight excluding hydrogens is 851 g/mol. The van der Waals surface area contributed by atoms with Crippen molar-refractivity contribution in [2.45, 2.75) is 0 Å². The summed E-state index contributed by atoms with van der Waals surface area (Å²) >= 11 is 0. The lowest BCUT2D eigenvalue weighted by molar-refractivity contribution is 1.08. The molecule has 3 aromatic heterocycles. The Bertz CT molecular complexity index is 4280. The minimum atomic E-state index is 0.622. The Morgan fingerprint density at radius 2 is 0.714 bits per heavy atom. The van der Waals surface area contributed by atoms with Gasteiger partial charge in [-0.2, -0.15) is 0 Å². The minimum Gasteiger partial charge on any atom is -0.307 e. The lowest BCUT2D eigenvalue weighted by Gasteiger charge is -2.17. The van der Waals surface area contributed by atoms with Gasteiger partial charge >= 0.3 is 0 Å². The maximum Gasteiger partial charge on any atom is 0.164 e. The summed E-state index contributed by atoms with van der Waals surface area (Å²) in [6, 6.07) is 89.0. The Labute approximate surface area is 403 Å². The smallest absolute Gasteiger partial charge is 0.164 e. The van der Waals surface area contributed by atoms with Crippen LogP contribution in [0.1, 0.15) is 0 Å². The monoisotopic (exact) mass is 891 g/mol. The van der Waals surface area contributed by atoms with Gasteiger partial charge in [-0.15, -0.1) is 0 Å². The highest BCUT2D eigenvalue weighted by Gasteiger charge is 2.24. The first-order valence-electron chi connectivity index (χ1n) is 23.8. The molecule has 11 aromatic carbocycles. The lowest BCUT2D eigenvalue weighted by Crippen LogP contribution is -2.02. The molecule has 0 aliphatic heterocycles. The van der Waals surface area contributed by atoms with Gasteiger partial charge in [-0.05, 0) is 80.9 Å². The fraction of sp³-hybridized carbons (Fsp3) is 0. The zero-order valence-corrected chi connectivity index (χ0v) is 37.9. The molecule has 0 spiro atoms. The van der Waals surface area contributed by atoms with E-state index in [9.17, 15) is 0 Å². The molecule has 5 heteroatoms. The van der Waals surface area contributed by atoms with Gasteiger partial charge < -0.3 is 9.13 Å². The molecule has 14 aromatic rings. The summed E-state index contributed by atoms with van der Waals surface area (Å²) in [6.07, 6.45) is 0. The van der Waals surface area contributed by atoms with Crippen LogP contribution in [0.3, 0.4) is 0 Å². The number of rotatable bonds is 7. The van der Waals surface area contributed by atoms with Crippen molar-refractivity contribution in [1.29, 1.82) is 0 Å². The molecule has 0 saturated heterocycles. The predicted octanol–water partition coefficient (Wildman–Crippen LogP) is 16.7. The van der Waals surface area contributed by atoms with Crippen molar-refractivity contribution in [3.8, 4) is 67.8 Å². The number of para-hydroxylation sites is 2. The maximum absolute atomic E-state index is 5.33. The van der Waals surface area contributed by atoms with Crippen molar-refractivity contribution < 1.29 is 0 Å². The second kappa shape index (κ2) is 16.1. The van der Waals surface area contributed by atoms with Crippen LogP contribution in [-0.4, -0.2) is 24.1 Å². The van der Waals surface area contributed by atoms with Crippen LogP contribution < -0.4 is 0 Å². The average molecular weight is 892 g/mol. The number of benzene rings is 11. The van der Waals surface area contributed by atoms with Crippen LogP contribution in [0.25, 0.3) is 133 Å². The molecular formula is C65H41N5. The molecule has 14 rings (SSSR count). The SMILES string of the molecule is c1ccc(-c2cc(-c3ccccc3)cc(-n3c4ccccc4c4ccc5c6ccccc6n(-c6ccc(-c7nc(-c8ccccc8)nc(-c8cccc9ccccc89)n7)c7ccccc67)c5c43)c2)cc1. The van der Waals surface area contributed by atoms with Crippen LogP contribution >= 0.6 is 0 Å². The Morgan fingerprint density at radius 3 is 1.34 bits per heavy atom. The first-order chi connectivity index (χ1) is 34.7. The second-order valence-electron chi connectivity index (χ2n) is 17.9. The topological polar surface area (TPSA) is 48.5 Å². The summed E-state index contributed by atoms with van der Waals surface area (Å²) in [4.78, 5) is 15.7. The summed E-state index contributed by atoms with van der Waals surface area (Å²) in [5.74, 6) is 1.89. The fourth-order valence-corrected chi connectivity index (χ4v) is 10.8. The van der Waals surface area contributed by atoms with Gasteiger partial charge in [0.1, 0.15) is 0 Å². The largest absolute Gasteiger partial charge is 0.307 e. The number of nitrogens with zero attached hydrogens (tertiary/aromatic N) is 5. The molecule has 5 nitrogen and oxygen atoms in total. The molecule has 0 aliphatic rings. The van der Waals surface area contributed by atoms with Crippen molar-refractivity contribution in [2.24, 2.45) is 0 Å². The third-order valence-corrected chi connectivity index (χ3v) is 13.9. The molecule has 0 saturated carbocycles. The van der Waals surface area contributed by atoms with Crippen molar-refractivity contribution in [3.05, 3.63) is 249 Å². The van der Waals surface area contributed by atoms with Gasteiger partial charge in [0.25, 0.3) is 0 Å². The molecule has 0 bridgehead atoms. The van der Waals surface area contributed by atoms with Crippen molar-refractivity contribution in [3.63, 3.8) is 0 Å².